The van der Waals surface area contributed by atoms with Crippen molar-refractivity contribution >= 4 is 33.3 Å². The highest BCUT2D eigenvalue weighted by Crippen LogP contribution is 2.28. The summed E-state index contributed by atoms with van der Waals surface area (Å²) in [6.07, 6.45) is 2.35. The molecule has 0 amide bonds. The average molecular weight is 293 g/mol. The van der Waals surface area contributed by atoms with E-state index in [1.807, 2.05) is 11.4 Å². The molecule has 5 nitrogen and oxygen atoms in total. The summed E-state index contributed by atoms with van der Waals surface area (Å²) in [5.41, 5.74) is 0.0495. The number of hydrogen-bond donors (Lipinski definition) is 2. The van der Waals surface area contributed by atoms with Crippen LogP contribution in [0.1, 0.15) is 33.6 Å². The van der Waals surface area contributed by atoms with Crippen LogP contribution in [0.5, 0.6) is 0 Å². The Bertz CT molecular complexity index is 604. The Balaban J connectivity index is 2.22. The number of carboxylic acid groups (broad SMARTS) is 1. The zero-order valence-electron chi connectivity index (χ0n) is 11.9. The summed E-state index contributed by atoms with van der Waals surface area (Å²) in [5.74, 6) is -0.0888. The molecule has 1 unspecified atom stereocenters. The number of thiophene rings is 1. The minimum absolute atomic E-state index is 0.0495. The number of rotatable bonds is 5. The molecule has 0 saturated carbocycles. The number of nitrogens with one attached hydrogen (secondary N) is 1. The Labute approximate surface area is 122 Å². The number of aliphatic carboxylic acids is 1. The fourth-order valence-corrected chi connectivity index (χ4v) is 2.96. The van der Waals surface area contributed by atoms with Gasteiger partial charge in [-0.1, -0.05) is 20.8 Å². The second kappa shape index (κ2) is 5.75. The number of anilines is 1. The molecular formula is C14H19N3O2S. The highest BCUT2D eigenvalue weighted by Gasteiger charge is 2.22. The highest BCUT2D eigenvalue weighted by atomic mass is 32.1. The summed E-state index contributed by atoms with van der Waals surface area (Å²) in [6, 6.07) is 1.81. The molecule has 0 radical (unpaired) electrons. The lowest BCUT2D eigenvalue weighted by Gasteiger charge is -2.26. The topological polar surface area (TPSA) is 75.1 Å². The molecule has 2 heterocycles. The molecule has 2 N–H and O–H groups in total. The number of carboxylic acids is 1. The monoisotopic (exact) mass is 293 g/mol. The Hall–Kier alpha value is -1.69. The van der Waals surface area contributed by atoms with Gasteiger partial charge in [0, 0.05) is 6.04 Å². The second-order valence-electron chi connectivity index (χ2n) is 6.07. The Kier molecular flexibility index (Phi) is 4.23. The zero-order valence-corrected chi connectivity index (χ0v) is 12.7. The van der Waals surface area contributed by atoms with Gasteiger partial charge in [-0.15, -0.1) is 11.3 Å². The molecule has 6 heteroatoms. The van der Waals surface area contributed by atoms with Gasteiger partial charge in [-0.05, 0) is 23.3 Å². The molecule has 108 valence electrons. The first-order chi connectivity index (χ1) is 9.35. The van der Waals surface area contributed by atoms with Crippen molar-refractivity contribution in [1.29, 1.82) is 0 Å². The van der Waals surface area contributed by atoms with Crippen LogP contribution in [-0.2, 0) is 4.79 Å². The first kappa shape index (κ1) is 14.7. The van der Waals surface area contributed by atoms with Crippen LogP contribution in [0.15, 0.2) is 17.8 Å². The van der Waals surface area contributed by atoms with E-state index < -0.39 is 5.97 Å². The predicted molar refractivity (Wildman–Crippen MR) is 81.2 cm³/mol. The third-order valence-electron chi connectivity index (χ3n) is 2.88. The number of carbonyl (C=O) groups is 1. The molecule has 0 aromatic carbocycles. The van der Waals surface area contributed by atoms with Crippen LogP contribution in [0.2, 0.25) is 0 Å². The third-order valence-corrected chi connectivity index (χ3v) is 3.70. The van der Waals surface area contributed by atoms with E-state index in [1.165, 1.54) is 6.33 Å². The standard InChI is InChI=1S/C14H19N3O2S/c1-14(2,3)7-9(6-11(18)19)17-12-10-4-5-20-13(10)16-8-15-12/h4-5,8-9H,6-7H2,1-3H3,(H,18,19)(H,15,16,17). The molecule has 0 aliphatic carbocycles. The highest BCUT2D eigenvalue weighted by molar-refractivity contribution is 7.16. The smallest absolute Gasteiger partial charge is 0.305 e. The number of fused-ring (bicyclic) bond motifs is 1. The number of hydrogen-bond acceptors (Lipinski definition) is 5. The van der Waals surface area contributed by atoms with Crippen LogP contribution in [0.25, 0.3) is 10.2 Å². The molecule has 0 aliphatic heterocycles. The van der Waals surface area contributed by atoms with Crippen LogP contribution in [0.4, 0.5) is 5.82 Å². The second-order valence-corrected chi connectivity index (χ2v) is 6.96. The molecule has 0 spiro atoms. The summed E-state index contributed by atoms with van der Waals surface area (Å²) in [6.45, 7) is 6.30. The summed E-state index contributed by atoms with van der Waals surface area (Å²) >= 11 is 1.55. The molecule has 2 rings (SSSR count). The van der Waals surface area contributed by atoms with Crippen molar-refractivity contribution in [1.82, 2.24) is 9.97 Å². The maximum Gasteiger partial charge on any atom is 0.305 e. The maximum atomic E-state index is 11.0. The lowest BCUT2D eigenvalue weighted by Crippen LogP contribution is -2.28. The predicted octanol–water partition coefficient (Wildman–Crippen LogP) is 3.38. The number of aromatic nitrogens is 2. The molecule has 1 atom stereocenters. The van der Waals surface area contributed by atoms with Crippen LogP contribution >= 0.6 is 11.3 Å². The van der Waals surface area contributed by atoms with Gasteiger partial charge in [0.25, 0.3) is 0 Å². The normalized spacial score (nSPS) is 13.3. The van der Waals surface area contributed by atoms with Gasteiger partial charge in [0.15, 0.2) is 0 Å². The van der Waals surface area contributed by atoms with Gasteiger partial charge in [0.2, 0.25) is 0 Å². The van der Waals surface area contributed by atoms with Crippen LogP contribution in [0, 0.1) is 5.41 Å². The van der Waals surface area contributed by atoms with E-state index in [4.69, 9.17) is 5.11 Å². The van der Waals surface area contributed by atoms with Gasteiger partial charge in [0.1, 0.15) is 17.0 Å². The van der Waals surface area contributed by atoms with Crippen molar-refractivity contribution < 1.29 is 9.90 Å². The summed E-state index contributed by atoms with van der Waals surface area (Å²) < 4.78 is 0. The lowest BCUT2D eigenvalue weighted by molar-refractivity contribution is -0.137. The number of nitrogens with zero attached hydrogens (tertiary/aromatic N) is 2. The SMILES string of the molecule is CC(C)(C)CC(CC(=O)O)Nc1ncnc2sccc12. The summed E-state index contributed by atoms with van der Waals surface area (Å²) in [7, 11) is 0. The first-order valence-corrected chi connectivity index (χ1v) is 7.40. The van der Waals surface area contributed by atoms with Crippen molar-refractivity contribution in [2.45, 2.75) is 39.7 Å². The maximum absolute atomic E-state index is 11.0. The third kappa shape index (κ3) is 3.90. The van der Waals surface area contributed by atoms with Gasteiger partial charge in [0.05, 0.1) is 11.8 Å². The molecule has 0 saturated heterocycles. The van der Waals surface area contributed by atoms with E-state index >= 15 is 0 Å². The van der Waals surface area contributed by atoms with E-state index in [0.717, 1.165) is 16.6 Å². The van der Waals surface area contributed by atoms with E-state index in [2.05, 4.69) is 36.1 Å². The summed E-state index contributed by atoms with van der Waals surface area (Å²) in [5, 5.41) is 15.2. The first-order valence-electron chi connectivity index (χ1n) is 6.52. The van der Waals surface area contributed by atoms with Crippen molar-refractivity contribution in [3.05, 3.63) is 17.8 Å². The molecule has 0 fully saturated rings. The minimum atomic E-state index is -0.803. The van der Waals surface area contributed by atoms with Gasteiger partial charge >= 0.3 is 5.97 Å². The van der Waals surface area contributed by atoms with E-state index in [-0.39, 0.29) is 17.9 Å². The fraction of sp³-hybridized carbons (Fsp3) is 0.500. The Morgan fingerprint density at radius 2 is 2.20 bits per heavy atom. The van der Waals surface area contributed by atoms with Crippen molar-refractivity contribution in [2.24, 2.45) is 5.41 Å². The van der Waals surface area contributed by atoms with Gasteiger partial charge in [-0.3, -0.25) is 4.79 Å². The molecule has 0 aliphatic rings. The van der Waals surface area contributed by atoms with Crippen molar-refractivity contribution in [3.63, 3.8) is 0 Å². The fourth-order valence-electron chi connectivity index (χ4n) is 2.22. The van der Waals surface area contributed by atoms with E-state index in [1.54, 1.807) is 11.3 Å². The van der Waals surface area contributed by atoms with Gasteiger partial charge < -0.3 is 10.4 Å². The molecule has 20 heavy (non-hydrogen) atoms. The van der Waals surface area contributed by atoms with Crippen molar-refractivity contribution in [3.8, 4) is 0 Å². The zero-order chi connectivity index (χ0) is 14.8. The van der Waals surface area contributed by atoms with Crippen LogP contribution < -0.4 is 5.32 Å². The quantitative estimate of drug-likeness (QED) is 0.884. The summed E-state index contributed by atoms with van der Waals surface area (Å²) in [4.78, 5) is 20.4. The van der Waals surface area contributed by atoms with Gasteiger partial charge in [-0.25, -0.2) is 9.97 Å². The average Bonchev–Trinajstić information content (AvgIpc) is 2.74. The molecule has 2 aromatic heterocycles. The molecular weight excluding hydrogens is 274 g/mol. The van der Waals surface area contributed by atoms with Crippen LogP contribution in [0.3, 0.4) is 0 Å². The molecule has 0 bridgehead atoms. The largest absolute Gasteiger partial charge is 0.481 e. The van der Waals surface area contributed by atoms with Crippen LogP contribution in [-0.4, -0.2) is 27.1 Å². The van der Waals surface area contributed by atoms with E-state index in [9.17, 15) is 4.79 Å². The van der Waals surface area contributed by atoms with Crippen molar-refractivity contribution in [2.75, 3.05) is 5.32 Å². The van der Waals surface area contributed by atoms with E-state index in [0.29, 0.717) is 5.82 Å². The Morgan fingerprint density at radius 3 is 2.85 bits per heavy atom. The lowest BCUT2D eigenvalue weighted by atomic mass is 9.87. The molecule has 2 aromatic rings. The Morgan fingerprint density at radius 1 is 1.45 bits per heavy atom. The van der Waals surface area contributed by atoms with Gasteiger partial charge in [-0.2, -0.15) is 0 Å². The minimum Gasteiger partial charge on any atom is -0.481 e.